The number of carbonyl (C=O) groups is 1. The lowest BCUT2D eigenvalue weighted by Gasteiger charge is -2.20. The first kappa shape index (κ1) is 15.9. The number of aliphatic hydroxyl groups is 2. The molecule has 0 aliphatic carbocycles. The van der Waals surface area contributed by atoms with Crippen molar-refractivity contribution in [1.82, 2.24) is 4.90 Å². The summed E-state index contributed by atoms with van der Waals surface area (Å²) in [5, 5.41) is 22.0. The number of amides is 1. The van der Waals surface area contributed by atoms with Crippen molar-refractivity contribution < 1.29 is 15.0 Å². The van der Waals surface area contributed by atoms with E-state index in [-0.39, 0.29) is 12.5 Å². The van der Waals surface area contributed by atoms with E-state index in [1.54, 1.807) is 0 Å². The summed E-state index contributed by atoms with van der Waals surface area (Å²) in [5.41, 5.74) is 2.10. The summed E-state index contributed by atoms with van der Waals surface area (Å²) in [7, 11) is 0. The van der Waals surface area contributed by atoms with Crippen LogP contribution in [-0.2, 0) is 4.79 Å². The molecule has 116 valence electrons. The van der Waals surface area contributed by atoms with E-state index in [1.807, 2.05) is 36.9 Å². The van der Waals surface area contributed by atoms with Gasteiger partial charge in [-0.05, 0) is 37.5 Å². The highest BCUT2D eigenvalue weighted by Crippen LogP contribution is 2.21. The third kappa shape index (κ3) is 4.03. The van der Waals surface area contributed by atoms with Gasteiger partial charge in [-0.15, -0.1) is 0 Å². The Labute approximate surface area is 125 Å². The number of aryl methyl sites for hydroxylation is 1. The standard InChI is InChI=1S/C16H24N2O3/c1-12-4-3-5-14(13(12)2)17-15(20)6-8-18-9-7-16(21,10-18)11-19/h3-5,19,21H,6-11H2,1-2H3,(H,17,20)/t16-/m1/s1. The number of nitrogens with one attached hydrogen (secondary N) is 1. The molecule has 0 unspecified atom stereocenters. The van der Waals surface area contributed by atoms with E-state index in [1.165, 1.54) is 0 Å². The molecular formula is C16H24N2O3. The second kappa shape index (κ2) is 6.56. The van der Waals surface area contributed by atoms with Crippen LogP contribution in [0.2, 0.25) is 0 Å². The van der Waals surface area contributed by atoms with Crippen LogP contribution >= 0.6 is 0 Å². The van der Waals surface area contributed by atoms with Crippen LogP contribution in [0, 0.1) is 13.8 Å². The SMILES string of the molecule is Cc1cccc(NC(=O)CCN2CC[C@](O)(CO)C2)c1C. The Morgan fingerprint density at radius 1 is 1.43 bits per heavy atom. The van der Waals surface area contributed by atoms with Gasteiger partial charge in [-0.1, -0.05) is 12.1 Å². The van der Waals surface area contributed by atoms with Crippen LogP contribution in [0.15, 0.2) is 18.2 Å². The zero-order valence-electron chi connectivity index (χ0n) is 12.7. The second-order valence-corrected chi connectivity index (χ2v) is 5.95. The summed E-state index contributed by atoms with van der Waals surface area (Å²) in [6.45, 7) is 5.53. The number of hydrogen-bond donors (Lipinski definition) is 3. The Balaban J connectivity index is 1.82. The van der Waals surface area contributed by atoms with Crippen molar-refractivity contribution in [2.45, 2.75) is 32.3 Å². The minimum atomic E-state index is -0.996. The summed E-state index contributed by atoms with van der Waals surface area (Å²) in [6, 6.07) is 5.85. The lowest BCUT2D eigenvalue weighted by atomic mass is 10.1. The quantitative estimate of drug-likeness (QED) is 0.759. The number of likely N-dealkylation sites (tertiary alicyclic amines) is 1. The van der Waals surface area contributed by atoms with Gasteiger partial charge in [0.1, 0.15) is 5.60 Å². The molecule has 1 fully saturated rings. The van der Waals surface area contributed by atoms with Crippen molar-refractivity contribution in [3.05, 3.63) is 29.3 Å². The van der Waals surface area contributed by atoms with Crippen LogP contribution in [0.1, 0.15) is 24.0 Å². The maximum atomic E-state index is 12.0. The number of nitrogens with zero attached hydrogens (tertiary/aromatic N) is 1. The fraction of sp³-hybridized carbons (Fsp3) is 0.562. The molecule has 1 aromatic rings. The molecule has 1 aromatic carbocycles. The maximum absolute atomic E-state index is 12.0. The third-order valence-electron chi connectivity index (χ3n) is 4.24. The van der Waals surface area contributed by atoms with Crippen molar-refractivity contribution in [2.75, 3.05) is 31.6 Å². The largest absolute Gasteiger partial charge is 0.393 e. The molecule has 0 spiro atoms. The predicted octanol–water partition coefficient (Wildman–Crippen LogP) is 1.06. The van der Waals surface area contributed by atoms with E-state index in [0.29, 0.717) is 32.5 Å². The molecule has 0 radical (unpaired) electrons. The Bertz CT molecular complexity index is 518. The lowest BCUT2D eigenvalue weighted by Crippen LogP contribution is -2.37. The lowest BCUT2D eigenvalue weighted by molar-refractivity contribution is -0.116. The fourth-order valence-electron chi connectivity index (χ4n) is 2.62. The molecule has 0 saturated carbocycles. The van der Waals surface area contributed by atoms with E-state index in [2.05, 4.69) is 5.32 Å². The first-order valence-corrected chi connectivity index (χ1v) is 7.35. The molecule has 1 heterocycles. The normalized spacial score (nSPS) is 22.5. The van der Waals surface area contributed by atoms with Gasteiger partial charge in [0.15, 0.2) is 0 Å². The van der Waals surface area contributed by atoms with Gasteiger partial charge in [0, 0.05) is 31.7 Å². The van der Waals surface area contributed by atoms with Gasteiger partial charge >= 0.3 is 0 Å². The van der Waals surface area contributed by atoms with Crippen molar-refractivity contribution in [1.29, 1.82) is 0 Å². The van der Waals surface area contributed by atoms with Crippen molar-refractivity contribution in [2.24, 2.45) is 0 Å². The average molecular weight is 292 g/mol. The second-order valence-electron chi connectivity index (χ2n) is 5.95. The average Bonchev–Trinajstić information content (AvgIpc) is 2.84. The van der Waals surface area contributed by atoms with E-state index in [9.17, 15) is 9.90 Å². The highest BCUT2D eigenvalue weighted by Gasteiger charge is 2.35. The first-order valence-electron chi connectivity index (χ1n) is 7.35. The molecule has 2 rings (SSSR count). The van der Waals surface area contributed by atoms with Gasteiger partial charge in [-0.3, -0.25) is 9.69 Å². The Kier molecular flexibility index (Phi) is 4.98. The number of aliphatic hydroxyl groups excluding tert-OH is 1. The summed E-state index contributed by atoms with van der Waals surface area (Å²) < 4.78 is 0. The molecule has 1 saturated heterocycles. The van der Waals surface area contributed by atoms with Crippen LogP contribution in [0.5, 0.6) is 0 Å². The highest BCUT2D eigenvalue weighted by molar-refractivity contribution is 5.91. The molecule has 0 aromatic heterocycles. The van der Waals surface area contributed by atoms with Gasteiger partial charge in [0.25, 0.3) is 0 Å². The van der Waals surface area contributed by atoms with Gasteiger partial charge in [0.2, 0.25) is 5.91 Å². The van der Waals surface area contributed by atoms with Gasteiger partial charge in [-0.2, -0.15) is 0 Å². The molecule has 1 atom stereocenters. The minimum absolute atomic E-state index is 0.0249. The number of benzene rings is 1. The maximum Gasteiger partial charge on any atom is 0.225 e. The molecule has 1 aliphatic rings. The van der Waals surface area contributed by atoms with E-state index in [0.717, 1.165) is 16.8 Å². The smallest absolute Gasteiger partial charge is 0.225 e. The Morgan fingerprint density at radius 2 is 2.19 bits per heavy atom. The van der Waals surface area contributed by atoms with Gasteiger partial charge < -0.3 is 15.5 Å². The Hall–Kier alpha value is -1.43. The van der Waals surface area contributed by atoms with E-state index >= 15 is 0 Å². The zero-order valence-corrected chi connectivity index (χ0v) is 12.7. The fourth-order valence-corrected chi connectivity index (χ4v) is 2.62. The van der Waals surface area contributed by atoms with Gasteiger partial charge in [0.05, 0.1) is 6.61 Å². The van der Waals surface area contributed by atoms with Crippen molar-refractivity contribution in [3.63, 3.8) is 0 Å². The van der Waals surface area contributed by atoms with Crippen LogP contribution in [0.4, 0.5) is 5.69 Å². The number of anilines is 1. The molecule has 0 bridgehead atoms. The number of carbonyl (C=O) groups excluding carboxylic acids is 1. The summed E-state index contributed by atoms with van der Waals surface area (Å²) in [5.74, 6) is -0.0249. The monoisotopic (exact) mass is 292 g/mol. The van der Waals surface area contributed by atoms with Gasteiger partial charge in [-0.25, -0.2) is 0 Å². The van der Waals surface area contributed by atoms with Crippen LogP contribution in [-0.4, -0.2) is 52.9 Å². The van der Waals surface area contributed by atoms with Crippen LogP contribution < -0.4 is 5.32 Å². The molecular weight excluding hydrogens is 268 g/mol. The molecule has 21 heavy (non-hydrogen) atoms. The number of hydrogen-bond acceptors (Lipinski definition) is 4. The predicted molar refractivity (Wildman–Crippen MR) is 82.3 cm³/mol. The number of β-amino-alcohol motifs (C(OH)–C–C–N with tert-alkyl or cyclic N) is 1. The van der Waals surface area contributed by atoms with E-state index in [4.69, 9.17) is 5.11 Å². The first-order chi connectivity index (χ1) is 9.93. The van der Waals surface area contributed by atoms with Crippen LogP contribution in [0.25, 0.3) is 0 Å². The number of rotatable bonds is 5. The van der Waals surface area contributed by atoms with E-state index < -0.39 is 5.60 Å². The summed E-state index contributed by atoms with van der Waals surface area (Å²) in [6.07, 6.45) is 0.941. The van der Waals surface area contributed by atoms with Crippen molar-refractivity contribution >= 4 is 11.6 Å². The molecule has 5 heteroatoms. The summed E-state index contributed by atoms with van der Waals surface area (Å²) >= 11 is 0. The molecule has 3 N–H and O–H groups in total. The Morgan fingerprint density at radius 3 is 2.86 bits per heavy atom. The topological polar surface area (TPSA) is 72.8 Å². The van der Waals surface area contributed by atoms with Crippen molar-refractivity contribution in [3.8, 4) is 0 Å². The molecule has 5 nitrogen and oxygen atoms in total. The molecule has 1 aliphatic heterocycles. The zero-order chi connectivity index (χ0) is 15.5. The summed E-state index contributed by atoms with van der Waals surface area (Å²) in [4.78, 5) is 14.0. The molecule has 1 amide bonds. The minimum Gasteiger partial charge on any atom is -0.393 e. The third-order valence-corrected chi connectivity index (χ3v) is 4.24. The van der Waals surface area contributed by atoms with Crippen LogP contribution in [0.3, 0.4) is 0 Å². The highest BCUT2D eigenvalue weighted by atomic mass is 16.3.